The molecule has 5 heteroatoms. The van der Waals surface area contributed by atoms with Crippen LogP contribution in [-0.2, 0) is 22.9 Å². The molecule has 13 heavy (non-hydrogen) atoms. The minimum absolute atomic E-state index is 0. The summed E-state index contributed by atoms with van der Waals surface area (Å²) in [6, 6.07) is 8.46. The average molecular weight is 382 g/mol. The maximum absolute atomic E-state index is 3.24. The van der Waals surface area contributed by atoms with E-state index in [-0.39, 0.29) is 24.8 Å². The zero-order chi connectivity index (χ0) is 7.52. The van der Waals surface area contributed by atoms with Crippen LogP contribution in [0.5, 0.6) is 0 Å². The van der Waals surface area contributed by atoms with Gasteiger partial charge in [-0.2, -0.15) is 0 Å². The summed E-state index contributed by atoms with van der Waals surface area (Å²) in [5.74, 6) is 0. The Balaban J connectivity index is 0.000000720. The Bertz CT molecular complexity index is 273. The van der Waals surface area contributed by atoms with Crippen LogP contribution in [0, 0.1) is 0 Å². The molecule has 2 nitrogen and oxygen atoms in total. The van der Waals surface area contributed by atoms with Gasteiger partial charge in [0, 0.05) is 0 Å². The molecule has 0 saturated carbocycles. The fraction of sp³-hybridized carbons (Fsp3) is 0. The van der Waals surface area contributed by atoms with E-state index in [0.29, 0.717) is 0 Å². The number of H-pyrrole nitrogens is 2. The van der Waals surface area contributed by atoms with Crippen molar-refractivity contribution in [1.82, 2.24) is 9.97 Å². The van der Waals surface area contributed by atoms with Crippen LogP contribution in [0.3, 0.4) is 0 Å². The summed E-state index contributed by atoms with van der Waals surface area (Å²) < 4.78 is 2.87. The summed E-state index contributed by atoms with van der Waals surface area (Å²) >= 11 is -0.748. The van der Waals surface area contributed by atoms with Gasteiger partial charge < -0.3 is 24.8 Å². The second kappa shape index (κ2) is 6.46. The van der Waals surface area contributed by atoms with E-state index in [1.165, 1.54) is 6.90 Å². The molecule has 2 heterocycles. The predicted molar refractivity (Wildman–Crippen MR) is 40.9 cm³/mol. The summed E-state index contributed by atoms with van der Waals surface area (Å²) in [6.07, 6.45) is 3.98. The Kier molecular flexibility index (Phi) is 6.47. The topological polar surface area (TPSA) is 31.6 Å². The molecule has 68 valence electrons. The molecular formula is C8H8Cl2HfN2. The van der Waals surface area contributed by atoms with E-state index in [1.807, 2.05) is 12.4 Å². The van der Waals surface area contributed by atoms with Crippen LogP contribution >= 0.6 is 0 Å². The standard InChI is InChI=1S/2C4H4N.2ClH.Hf/c2*1-2-4-5-3-1;;;/h2*1-3,5H;2*1H;/q;;;;+2/p-2. The molecular weight excluding hydrogens is 373 g/mol. The fourth-order valence-corrected chi connectivity index (χ4v) is 4.41. The zero-order valence-corrected chi connectivity index (χ0v) is 11.8. The molecule has 0 aliphatic rings. The van der Waals surface area contributed by atoms with E-state index in [9.17, 15) is 0 Å². The van der Waals surface area contributed by atoms with Crippen LogP contribution in [0.4, 0.5) is 0 Å². The summed E-state index contributed by atoms with van der Waals surface area (Å²) in [7, 11) is 0. The number of aromatic nitrogens is 2. The second-order valence-corrected chi connectivity index (χ2v) is 7.06. The van der Waals surface area contributed by atoms with Crippen molar-refractivity contribution in [3.8, 4) is 0 Å². The van der Waals surface area contributed by atoms with Gasteiger partial charge in [-0.1, -0.05) is 0 Å². The van der Waals surface area contributed by atoms with Crippen molar-refractivity contribution >= 4 is 6.90 Å². The summed E-state index contributed by atoms with van der Waals surface area (Å²) in [5.41, 5.74) is 0. The van der Waals surface area contributed by atoms with Gasteiger partial charge in [-0.25, -0.2) is 0 Å². The molecule has 0 amide bonds. The quantitative estimate of drug-likeness (QED) is 0.487. The Hall–Kier alpha value is 0.0101. The second-order valence-electron chi connectivity index (χ2n) is 2.29. The molecule has 0 saturated heterocycles. The van der Waals surface area contributed by atoms with Crippen LogP contribution in [0.15, 0.2) is 36.7 Å². The Morgan fingerprint density at radius 2 is 1.31 bits per heavy atom. The molecule has 0 aliphatic heterocycles. The number of rotatable bonds is 2. The van der Waals surface area contributed by atoms with Crippen molar-refractivity contribution < 1.29 is 47.7 Å². The van der Waals surface area contributed by atoms with Crippen molar-refractivity contribution in [2.45, 2.75) is 0 Å². The van der Waals surface area contributed by atoms with Gasteiger partial charge in [0.15, 0.2) is 0 Å². The van der Waals surface area contributed by atoms with Crippen LogP contribution in [0.25, 0.3) is 0 Å². The fourth-order valence-electron chi connectivity index (χ4n) is 0.961. The van der Waals surface area contributed by atoms with Gasteiger partial charge >= 0.3 is 76.4 Å². The molecule has 0 atom stereocenters. The predicted octanol–water partition coefficient (Wildman–Crippen LogP) is -5.62. The zero-order valence-electron chi connectivity index (χ0n) is 6.72. The van der Waals surface area contributed by atoms with Gasteiger partial charge in [-0.05, 0) is 0 Å². The van der Waals surface area contributed by atoms with E-state index in [4.69, 9.17) is 0 Å². The molecule has 2 rings (SSSR count). The average Bonchev–Trinajstić information content (AvgIpc) is 2.60. The summed E-state index contributed by atoms with van der Waals surface area (Å²) in [6.45, 7) is 0. The number of hydrogen-bond donors (Lipinski definition) is 2. The third-order valence-corrected chi connectivity index (χ3v) is 5.64. The Morgan fingerprint density at radius 3 is 1.62 bits per heavy atom. The van der Waals surface area contributed by atoms with Gasteiger partial charge in [-0.15, -0.1) is 0 Å². The summed E-state index contributed by atoms with van der Waals surface area (Å²) in [5, 5.41) is 0. The SMILES string of the molecule is [Cl-].[Cl-].c1c[nH][c]([Hf+2][c]2ccc[nH]2)c1. The van der Waals surface area contributed by atoms with E-state index >= 15 is 0 Å². The van der Waals surface area contributed by atoms with Crippen LogP contribution in [0.2, 0.25) is 0 Å². The molecule has 2 aromatic rings. The van der Waals surface area contributed by atoms with Crippen molar-refractivity contribution in [1.29, 1.82) is 0 Å². The van der Waals surface area contributed by atoms with Crippen molar-refractivity contribution in [3.05, 3.63) is 36.7 Å². The first-order chi connectivity index (χ1) is 5.45. The normalized spacial score (nSPS) is 8.00. The molecule has 0 radical (unpaired) electrons. The van der Waals surface area contributed by atoms with E-state index in [0.717, 1.165) is 0 Å². The van der Waals surface area contributed by atoms with Crippen LogP contribution in [0.1, 0.15) is 0 Å². The molecule has 0 spiro atoms. The van der Waals surface area contributed by atoms with Gasteiger partial charge in [0.05, 0.1) is 0 Å². The van der Waals surface area contributed by atoms with Gasteiger partial charge in [0.2, 0.25) is 0 Å². The Labute approximate surface area is 101 Å². The number of halogens is 2. The Morgan fingerprint density at radius 1 is 0.846 bits per heavy atom. The van der Waals surface area contributed by atoms with Crippen LogP contribution < -0.4 is 31.7 Å². The molecule has 0 fully saturated rings. The first-order valence-corrected chi connectivity index (χ1v) is 7.08. The van der Waals surface area contributed by atoms with E-state index in [2.05, 4.69) is 34.2 Å². The first-order valence-electron chi connectivity index (χ1n) is 3.49. The maximum atomic E-state index is 3.24. The van der Waals surface area contributed by atoms with Crippen molar-refractivity contribution in [3.63, 3.8) is 0 Å². The number of hydrogen-bond acceptors (Lipinski definition) is 0. The van der Waals surface area contributed by atoms with Gasteiger partial charge in [0.25, 0.3) is 0 Å². The first kappa shape index (κ1) is 13.0. The van der Waals surface area contributed by atoms with E-state index < -0.39 is 22.9 Å². The molecule has 0 aliphatic carbocycles. The number of aromatic amines is 2. The molecule has 2 N–H and O–H groups in total. The third-order valence-electron chi connectivity index (χ3n) is 1.47. The van der Waals surface area contributed by atoms with Gasteiger partial charge in [-0.3, -0.25) is 0 Å². The summed E-state index contributed by atoms with van der Waals surface area (Å²) in [4.78, 5) is 6.48. The molecule has 0 bridgehead atoms. The van der Waals surface area contributed by atoms with Gasteiger partial charge in [0.1, 0.15) is 0 Å². The molecule has 0 aromatic carbocycles. The molecule has 2 aromatic heterocycles. The van der Waals surface area contributed by atoms with Crippen LogP contribution in [-0.4, -0.2) is 9.97 Å². The minimum atomic E-state index is -0.748. The van der Waals surface area contributed by atoms with E-state index in [1.54, 1.807) is 0 Å². The molecule has 0 unspecified atom stereocenters. The van der Waals surface area contributed by atoms with Crippen molar-refractivity contribution in [2.75, 3.05) is 0 Å². The van der Waals surface area contributed by atoms with Crippen molar-refractivity contribution in [2.24, 2.45) is 0 Å². The monoisotopic (exact) mass is 382 g/mol. The third kappa shape index (κ3) is 3.71. The number of nitrogens with one attached hydrogen (secondary N) is 2.